The van der Waals surface area contributed by atoms with Gasteiger partial charge in [-0.05, 0) is 12.1 Å². The second-order valence-corrected chi connectivity index (χ2v) is 3.11. The smallest absolute Gasteiger partial charge is 0.416 e. The Bertz CT molecular complexity index is 559. The van der Waals surface area contributed by atoms with Crippen LogP contribution in [0.4, 0.5) is 13.2 Å². The molecule has 0 aliphatic carbocycles. The molecule has 0 bridgehead atoms. The van der Waals surface area contributed by atoms with Crippen molar-refractivity contribution in [3.05, 3.63) is 35.8 Å². The Hall–Kier alpha value is -2.05. The van der Waals surface area contributed by atoms with E-state index in [0.717, 1.165) is 24.5 Å². The average Bonchev–Trinajstić information content (AvgIpc) is 2.58. The highest BCUT2D eigenvalue weighted by Crippen LogP contribution is 2.29. The minimum atomic E-state index is -4.46. The van der Waals surface area contributed by atoms with Crippen molar-refractivity contribution in [2.24, 2.45) is 0 Å². The van der Waals surface area contributed by atoms with Crippen LogP contribution in [0.5, 0.6) is 0 Å². The fraction of sp³-hybridized carbons (Fsp3) is 0.111. The van der Waals surface area contributed by atoms with Gasteiger partial charge in [0, 0.05) is 12.4 Å². The number of carboxylic acid groups (broad SMARTS) is 1. The second kappa shape index (κ2) is 3.22. The van der Waals surface area contributed by atoms with Crippen molar-refractivity contribution >= 4 is 11.6 Å². The van der Waals surface area contributed by atoms with E-state index in [1.165, 1.54) is 4.40 Å². The Labute approximate surface area is 87.0 Å². The van der Waals surface area contributed by atoms with E-state index in [-0.39, 0.29) is 11.3 Å². The van der Waals surface area contributed by atoms with Gasteiger partial charge in [-0.2, -0.15) is 13.2 Å². The average molecular weight is 230 g/mol. The molecule has 2 rings (SSSR count). The summed E-state index contributed by atoms with van der Waals surface area (Å²) < 4.78 is 38.2. The summed E-state index contributed by atoms with van der Waals surface area (Å²) in [5.74, 6) is -1.28. The molecule has 0 aliphatic heterocycles. The first-order valence-corrected chi connectivity index (χ1v) is 4.17. The van der Waals surface area contributed by atoms with Crippen molar-refractivity contribution in [3.63, 3.8) is 0 Å². The zero-order valence-corrected chi connectivity index (χ0v) is 7.69. The molecular formula is C9H5F3N2O2. The van der Waals surface area contributed by atoms with Gasteiger partial charge in [-0.3, -0.25) is 0 Å². The van der Waals surface area contributed by atoms with Gasteiger partial charge < -0.3 is 9.51 Å². The quantitative estimate of drug-likeness (QED) is 0.815. The summed E-state index contributed by atoms with van der Waals surface area (Å²) in [6.45, 7) is 0. The van der Waals surface area contributed by atoms with Crippen molar-refractivity contribution in [2.45, 2.75) is 6.18 Å². The number of carboxylic acids is 1. The first-order valence-electron chi connectivity index (χ1n) is 4.17. The number of halogens is 3. The molecule has 84 valence electrons. The molecule has 0 radical (unpaired) electrons. The number of hydrogen-bond donors (Lipinski definition) is 1. The van der Waals surface area contributed by atoms with E-state index in [1.807, 2.05) is 0 Å². The number of aromatic nitrogens is 2. The minimum absolute atomic E-state index is 0.0489. The van der Waals surface area contributed by atoms with Crippen LogP contribution in [-0.2, 0) is 6.18 Å². The Morgan fingerprint density at radius 1 is 1.44 bits per heavy atom. The highest BCUT2D eigenvalue weighted by atomic mass is 19.4. The number of imidazole rings is 1. The van der Waals surface area contributed by atoms with Crippen LogP contribution in [0, 0.1) is 0 Å². The Kier molecular flexibility index (Phi) is 2.11. The zero-order valence-electron chi connectivity index (χ0n) is 7.69. The van der Waals surface area contributed by atoms with Crippen molar-refractivity contribution in [2.75, 3.05) is 0 Å². The van der Waals surface area contributed by atoms with Crippen LogP contribution in [-0.4, -0.2) is 20.5 Å². The van der Waals surface area contributed by atoms with Gasteiger partial charge in [0.05, 0.1) is 5.56 Å². The van der Waals surface area contributed by atoms with Gasteiger partial charge in [-0.1, -0.05) is 0 Å². The van der Waals surface area contributed by atoms with Gasteiger partial charge in [0.1, 0.15) is 5.65 Å². The standard InChI is InChI=1S/C9H5F3N2O2/c10-9(11,12)5-1-2-14-4-6(8(15)16)13-7(14)3-5/h1-4H,(H,15,16). The van der Waals surface area contributed by atoms with E-state index in [9.17, 15) is 18.0 Å². The maximum absolute atomic E-state index is 12.3. The lowest BCUT2D eigenvalue weighted by atomic mass is 10.2. The van der Waals surface area contributed by atoms with Gasteiger partial charge in [-0.25, -0.2) is 9.78 Å². The van der Waals surface area contributed by atoms with E-state index < -0.39 is 17.7 Å². The number of alkyl halides is 3. The molecular weight excluding hydrogens is 225 g/mol. The molecule has 4 nitrogen and oxygen atoms in total. The fourth-order valence-electron chi connectivity index (χ4n) is 1.26. The van der Waals surface area contributed by atoms with Gasteiger partial charge >= 0.3 is 12.1 Å². The maximum Gasteiger partial charge on any atom is 0.416 e. The maximum atomic E-state index is 12.3. The van der Waals surface area contributed by atoms with Crippen molar-refractivity contribution in [1.29, 1.82) is 0 Å². The molecule has 16 heavy (non-hydrogen) atoms. The molecule has 0 fully saturated rings. The fourth-order valence-corrected chi connectivity index (χ4v) is 1.26. The van der Waals surface area contributed by atoms with Gasteiger partial charge in [-0.15, -0.1) is 0 Å². The summed E-state index contributed by atoms with van der Waals surface area (Å²) in [6.07, 6.45) is -2.19. The third kappa shape index (κ3) is 1.71. The lowest BCUT2D eigenvalue weighted by Crippen LogP contribution is -2.05. The number of aromatic carboxylic acids is 1. The number of fused-ring (bicyclic) bond motifs is 1. The van der Waals surface area contributed by atoms with E-state index in [4.69, 9.17) is 5.11 Å². The Morgan fingerprint density at radius 2 is 2.12 bits per heavy atom. The summed E-state index contributed by atoms with van der Waals surface area (Å²) in [7, 11) is 0. The molecule has 0 spiro atoms. The Balaban J connectivity index is 2.58. The normalized spacial score (nSPS) is 11.9. The first-order chi connectivity index (χ1) is 7.38. The van der Waals surface area contributed by atoms with Gasteiger partial charge in [0.25, 0.3) is 0 Å². The SMILES string of the molecule is O=C(O)c1cn2ccc(C(F)(F)F)cc2n1. The molecule has 0 aromatic carbocycles. The highest BCUT2D eigenvalue weighted by molar-refractivity contribution is 5.86. The number of pyridine rings is 1. The van der Waals surface area contributed by atoms with E-state index >= 15 is 0 Å². The molecule has 2 aromatic rings. The minimum Gasteiger partial charge on any atom is -0.476 e. The second-order valence-electron chi connectivity index (χ2n) is 3.11. The molecule has 1 N–H and O–H groups in total. The predicted molar refractivity (Wildman–Crippen MR) is 47.2 cm³/mol. The van der Waals surface area contributed by atoms with Crippen LogP contribution in [0.2, 0.25) is 0 Å². The van der Waals surface area contributed by atoms with Crippen molar-refractivity contribution in [3.8, 4) is 0 Å². The largest absolute Gasteiger partial charge is 0.476 e. The number of carbonyl (C=O) groups is 1. The summed E-state index contributed by atoms with van der Waals surface area (Å²) in [4.78, 5) is 14.1. The number of rotatable bonds is 1. The van der Waals surface area contributed by atoms with E-state index in [2.05, 4.69) is 4.98 Å². The lowest BCUT2D eigenvalue weighted by Gasteiger charge is -2.05. The molecule has 0 atom stereocenters. The van der Waals surface area contributed by atoms with Crippen molar-refractivity contribution in [1.82, 2.24) is 9.38 Å². The van der Waals surface area contributed by atoms with Crippen molar-refractivity contribution < 1.29 is 23.1 Å². The van der Waals surface area contributed by atoms with Gasteiger partial charge in [0.2, 0.25) is 0 Å². The lowest BCUT2D eigenvalue weighted by molar-refractivity contribution is -0.137. The number of hydrogen-bond acceptors (Lipinski definition) is 2. The molecule has 0 saturated carbocycles. The third-order valence-electron chi connectivity index (χ3n) is 2.01. The van der Waals surface area contributed by atoms with E-state index in [0.29, 0.717) is 0 Å². The van der Waals surface area contributed by atoms with E-state index in [1.54, 1.807) is 0 Å². The van der Waals surface area contributed by atoms with Crippen LogP contribution < -0.4 is 0 Å². The summed E-state index contributed by atoms with van der Waals surface area (Å²) in [6, 6.07) is 1.66. The van der Waals surface area contributed by atoms with Crippen LogP contribution in [0.1, 0.15) is 16.1 Å². The van der Waals surface area contributed by atoms with Crippen LogP contribution in [0.15, 0.2) is 24.5 Å². The Morgan fingerprint density at radius 3 is 2.69 bits per heavy atom. The molecule has 2 aromatic heterocycles. The molecule has 0 amide bonds. The summed E-state index contributed by atoms with van der Waals surface area (Å²) >= 11 is 0. The molecule has 0 aliphatic rings. The topological polar surface area (TPSA) is 54.6 Å². The number of nitrogens with zero attached hydrogens (tertiary/aromatic N) is 2. The molecule has 0 unspecified atom stereocenters. The highest BCUT2D eigenvalue weighted by Gasteiger charge is 2.30. The molecule has 7 heteroatoms. The third-order valence-corrected chi connectivity index (χ3v) is 2.01. The van der Waals surface area contributed by atoms with Gasteiger partial charge in [0.15, 0.2) is 5.69 Å². The molecule has 0 saturated heterocycles. The van der Waals surface area contributed by atoms with Crippen LogP contribution in [0.25, 0.3) is 5.65 Å². The van der Waals surface area contributed by atoms with Crippen LogP contribution >= 0.6 is 0 Å². The summed E-state index contributed by atoms with van der Waals surface area (Å²) in [5, 5.41) is 8.62. The molecule has 2 heterocycles. The predicted octanol–water partition coefficient (Wildman–Crippen LogP) is 2.05. The van der Waals surface area contributed by atoms with Crippen LogP contribution in [0.3, 0.4) is 0 Å². The zero-order chi connectivity index (χ0) is 11.9. The summed E-state index contributed by atoms with van der Waals surface area (Å²) in [5.41, 5.74) is -1.20. The first kappa shape index (κ1) is 10.5. The monoisotopic (exact) mass is 230 g/mol.